The zero-order chi connectivity index (χ0) is 12.4. The second kappa shape index (κ2) is 5.59. The minimum Gasteiger partial charge on any atom is -0.334 e. The standard InChI is InChI=1S/C12H12BrCl2NO/c13-10-4-1-8(7-11(10)15)12(17)16(6-5-14)9-2-3-9/h1,4,7,9H,2-3,5-6H2. The molecule has 0 heterocycles. The quantitative estimate of drug-likeness (QED) is 0.762. The molecule has 0 atom stereocenters. The van der Waals surface area contributed by atoms with E-state index in [1.807, 2.05) is 4.90 Å². The molecular weight excluding hydrogens is 325 g/mol. The number of amides is 1. The Labute approximate surface area is 119 Å². The third-order valence-electron chi connectivity index (χ3n) is 2.74. The summed E-state index contributed by atoms with van der Waals surface area (Å²) in [6.07, 6.45) is 2.15. The maximum absolute atomic E-state index is 12.3. The van der Waals surface area contributed by atoms with Gasteiger partial charge in [0.05, 0.1) is 5.02 Å². The van der Waals surface area contributed by atoms with Crippen LogP contribution in [0.1, 0.15) is 23.2 Å². The first-order valence-electron chi connectivity index (χ1n) is 5.45. The molecule has 17 heavy (non-hydrogen) atoms. The predicted octanol–water partition coefficient (Wildman–Crippen LogP) is 3.95. The zero-order valence-electron chi connectivity index (χ0n) is 9.13. The Bertz CT molecular complexity index is 435. The summed E-state index contributed by atoms with van der Waals surface area (Å²) in [4.78, 5) is 14.1. The summed E-state index contributed by atoms with van der Waals surface area (Å²) in [5.74, 6) is 0.481. The summed E-state index contributed by atoms with van der Waals surface area (Å²) in [7, 11) is 0. The fraction of sp³-hybridized carbons (Fsp3) is 0.417. The normalized spacial score (nSPS) is 14.8. The molecule has 1 fully saturated rings. The highest BCUT2D eigenvalue weighted by atomic mass is 79.9. The predicted molar refractivity (Wildman–Crippen MR) is 73.9 cm³/mol. The van der Waals surface area contributed by atoms with Crippen LogP contribution in [0, 0.1) is 0 Å². The van der Waals surface area contributed by atoms with Gasteiger partial charge in [-0.3, -0.25) is 4.79 Å². The van der Waals surface area contributed by atoms with Crippen LogP contribution in [-0.4, -0.2) is 29.3 Å². The Kier molecular flexibility index (Phi) is 4.34. The first-order valence-corrected chi connectivity index (χ1v) is 7.16. The van der Waals surface area contributed by atoms with Gasteiger partial charge in [0.15, 0.2) is 0 Å². The van der Waals surface area contributed by atoms with Gasteiger partial charge in [-0.1, -0.05) is 11.6 Å². The van der Waals surface area contributed by atoms with Crippen molar-refractivity contribution in [1.29, 1.82) is 0 Å². The van der Waals surface area contributed by atoms with Crippen molar-refractivity contribution < 1.29 is 4.79 Å². The van der Waals surface area contributed by atoms with Gasteiger partial charge in [0.25, 0.3) is 5.91 Å². The molecule has 2 rings (SSSR count). The fourth-order valence-corrected chi connectivity index (χ4v) is 2.33. The average molecular weight is 337 g/mol. The third-order valence-corrected chi connectivity index (χ3v) is 4.14. The van der Waals surface area contributed by atoms with Crippen LogP contribution < -0.4 is 0 Å². The van der Waals surface area contributed by atoms with Crippen molar-refractivity contribution in [3.63, 3.8) is 0 Å². The van der Waals surface area contributed by atoms with Crippen molar-refractivity contribution >= 4 is 45.0 Å². The maximum Gasteiger partial charge on any atom is 0.254 e. The number of benzene rings is 1. The Balaban J connectivity index is 2.19. The molecule has 1 aliphatic rings. The molecule has 0 aliphatic heterocycles. The minimum absolute atomic E-state index is 0.0163. The van der Waals surface area contributed by atoms with E-state index in [-0.39, 0.29) is 5.91 Å². The van der Waals surface area contributed by atoms with Gasteiger partial charge in [-0.05, 0) is 47.0 Å². The van der Waals surface area contributed by atoms with E-state index >= 15 is 0 Å². The van der Waals surface area contributed by atoms with Crippen molar-refractivity contribution in [2.24, 2.45) is 0 Å². The molecule has 2 nitrogen and oxygen atoms in total. The largest absolute Gasteiger partial charge is 0.334 e. The molecule has 1 amide bonds. The smallest absolute Gasteiger partial charge is 0.254 e. The van der Waals surface area contributed by atoms with Crippen molar-refractivity contribution in [1.82, 2.24) is 4.90 Å². The number of carbonyl (C=O) groups is 1. The van der Waals surface area contributed by atoms with Crippen molar-refractivity contribution in [3.8, 4) is 0 Å². The van der Waals surface area contributed by atoms with Crippen LogP contribution in [0.5, 0.6) is 0 Å². The number of alkyl halides is 1. The highest BCUT2D eigenvalue weighted by Gasteiger charge is 2.32. The van der Waals surface area contributed by atoms with Crippen LogP contribution in [0.2, 0.25) is 5.02 Å². The topological polar surface area (TPSA) is 20.3 Å². The monoisotopic (exact) mass is 335 g/mol. The van der Waals surface area contributed by atoms with Crippen LogP contribution >= 0.6 is 39.1 Å². The first kappa shape index (κ1) is 13.2. The lowest BCUT2D eigenvalue weighted by molar-refractivity contribution is 0.0753. The van der Waals surface area contributed by atoms with E-state index in [4.69, 9.17) is 23.2 Å². The van der Waals surface area contributed by atoms with Gasteiger partial charge in [0.1, 0.15) is 0 Å². The van der Waals surface area contributed by atoms with Gasteiger partial charge in [-0.15, -0.1) is 11.6 Å². The SMILES string of the molecule is O=C(c1ccc(Br)c(Cl)c1)N(CCCl)C1CC1. The van der Waals surface area contributed by atoms with Crippen LogP contribution in [-0.2, 0) is 0 Å². The Hall–Kier alpha value is -0.250. The van der Waals surface area contributed by atoms with Crippen LogP contribution in [0.15, 0.2) is 22.7 Å². The van der Waals surface area contributed by atoms with Gasteiger partial charge < -0.3 is 4.90 Å². The second-order valence-electron chi connectivity index (χ2n) is 4.05. The highest BCUT2D eigenvalue weighted by Crippen LogP contribution is 2.29. The van der Waals surface area contributed by atoms with E-state index in [1.54, 1.807) is 18.2 Å². The number of nitrogens with zero attached hydrogens (tertiary/aromatic N) is 1. The molecule has 0 radical (unpaired) electrons. The van der Waals surface area contributed by atoms with E-state index in [2.05, 4.69) is 15.9 Å². The Morgan fingerprint density at radius 1 is 1.47 bits per heavy atom. The molecule has 1 aromatic rings. The maximum atomic E-state index is 12.3. The molecular formula is C12H12BrCl2NO. The number of carbonyl (C=O) groups excluding carboxylic acids is 1. The van der Waals surface area contributed by atoms with Gasteiger partial charge in [-0.2, -0.15) is 0 Å². The van der Waals surface area contributed by atoms with Crippen LogP contribution in [0.25, 0.3) is 0 Å². The zero-order valence-corrected chi connectivity index (χ0v) is 12.2. The van der Waals surface area contributed by atoms with Gasteiger partial charge >= 0.3 is 0 Å². The highest BCUT2D eigenvalue weighted by molar-refractivity contribution is 9.10. The second-order valence-corrected chi connectivity index (χ2v) is 5.69. The molecule has 5 heteroatoms. The molecule has 0 unspecified atom stereocenters. The van der Waals surface area contributed by atoms with Crippen LogP contribution in [0.4, 0.5) is 0 Å². The van der Waals surface area contributed by atoms with Crippen molar-refractivity contribution in [2.45, 2.75) is 18.9 Å². The average Bonchev–Trinajstić information content (AvgIpc) is 3.13. The number of hydrogen-bond acceptors (Lipinski definition) is 1. The summed E-state index contributed by atoms with van der Waals surface area (Å²) in [6, 6.07) is 5.63. The Morgan fingerprint density at radius 2 is 2.18 bits per heavy atom. The number of rotatable bonds is 4. The molecule has 0 bridgehead atoms. The van der Waals surface area contributed by atoms with Crippen LogP contribution in [0.3, 0.4) is 0 Å². The molecule has 0 N–H and O–H groups in total. The lowest BCUT2D eigenvalue weighted by Crippen LogP contribution is -2.34. The molecule has 1 aromatic carbocycles. The Morgan fingerprint density at radius 3 is 2.71 bits per heavy atom. The molecule has 1 aliphatic carbocycles. The van der Waals surface area contributed by atoms with E-state index in [0.717, 1.165) is 17.3 Å². The van der Waals surface area contributed by atoms with Gasteiger partial charge in [0, 0.05) is 28.5 Å². The van der Waals surface area contributed by atoms with Gasteiger partial charge in [0.2, 0.25) is 0 Å². The first-order chi connectivity index (χ1) is 8.13. The van der Waals surface area contributed by atoms with Crippen molar-refractivity contribution in [3.05, 3.63) is 33.3 Å². The van der Waals surface area contributed by atoms with E-state index in [1.165, 1.54) is 0 Å². The summed E-state index contributed by atoms with van der Waals surface area (Å²) >= 11 is 15.0. The fourth-order valence-electron chi connectivity index (χ4n) is 1.72. The van der Waals surface area contributed by atoms with E-state index < -0.39 is 0 Å². The van der Waals surface area contributed by atoms with Crippen molar-refractivity contribution in [2.75, 3.05) is 12.4 Å². The minimum atomic E-state index is 0.0163. The van der Waals surface area contributed by atoms with Gasteiger partial charge in [-0.25, -0.2) is 0 Å². The summed E-state index contributed by atoms with van der Waals surface area (Å²) < 4.78 is 0.797. The molecule has 1 saturated carbocycles. The lowest BCUT2D eigenvalue weighted by Gasteiger charge is -2.21. The number of hydrogen-bond donors (Lipinski definition) is 0. The lowest BCUT2D eigenvalue weighted by atomic mass is 10.2. The summed E-state index contributed by atoms with van der Waals surface area (Å²) in [5, 5.41) is 0.553. The van der Waals surface area contributed by atoms with E-state index in [0.29, 0.717) is 29.1 Å². The molecule has 0 aromatic heterocycles. The molecule has 92 valence electrons. The summed E-state index contributed by atoms with van der Waals surface area (Å²) in [5.41, 5.74) is 0.621. The van der Waals surface area contributed by atoms with E-state index in [9.17, 15) is 4.79 Å². The molecule has 0 saturated heterocycles. The number of halogens is 3. The molecule has 0 spiro atoms. The summed E-state index contributed by atoms with van der Waals surface area (Å²) in [6.45, 7) is 0.596. The third kappa shape index (κ3) is 3.15.